The number of fused-ring (bicyclic) bond motifs is 1. The lowest BCUT2D eigenvalue weighted by molar-refractivity contribution is -0.120. The van der Waals surface area contributed by atoms with Crippen LogP contribution in [0.2, 0.25) is 5.02 Å². The maximum Gasteiger partial charge on any atom is 0.253 e. The van der Waals surface area contributed by atoms with Crippen molar-refractivity contribution in [3.05, 3.63) is 65.7 Å². The number of aromatic nitrogens is 2. The van der Waals surface area contributed by atoms with Gasteiger partial charge in [0, 0.05) is 54.7 Å². The zero-order valence-electron chi connectivity index (χ0n) is 16.9. The molecule has 3 heterocycles. The number of halogens is 1. The van der Waals surface area contributed by atoms with Crippen molar-refractivity contribution in [3.8, 4) is 0 Å². The molecule has 0 spiro atoms. The molecule has 166 valence electrons. The van der Waals surface area contributed by atoms with Crippen LogP contribution in [0.4, 0.5) is 0 Å². The molecular formula is C21H20ClN5O4S. The van der Waals surface area contributed by atoms with Crippen molar-refractivity contribution in [2.75, 3.05) is 19.6 Å². The molecule has 1 aromatic carbocycles. The van der Waals surface area contributed by atoms with Gasteiger partial charge in [0.25, 0.3) is 5.91 Å². The molecule has 0 radical (unpaired) electrons. The Morgan fingerprint density at radius 2 is 1.97 bits per heavy atom. The predicted molar refractivity (Wildman–Crippen MR) is 119 cm³/mol. The Hall–Kier alpha value is -3.08. The number of benzene rings is 1. The van der Waals surface area contributed by atoms with E-state index in [-0.39, 0.29) is 35.6 Å². The summed E-state index contributed by atoms with van der Waals surface area (Å²) in [5.74, 6) is -0.808. The van der Waals surface area contributed by atoms with E-state index in [0.717, 1.165) is 0 Å². The van der Waals surface area contributed by atoms with Crippen LogP contribution in [0.5, 0.6) is 0 Å². The van der Waals surface area contributed by atoms with Crippen LogP contribution in [0, 0.1) is 0 Å². The van der Waals surface area contributed by atoms with Crippen LogP contribution >= 0.6 is 11.6 Å². The SMILES string of the molecule is O=C(CNC(=O)c1cccnc1)NC1CCN(S(=O)(=O)c2cccc3cncc(Cl)c23)C1. The number of hydrogen-bond acceptors (Lipinski definition) is 6. The molecule has 9 nitrogen and oxygen atoms in total. The Labute approximate surface area is 189 Å². The summed E-state index contributed by atoms with van der Waals surface area (Å²) in [5, 5.41) is 6.62. The van der Waals surface area contributed by atoms with Crippen LogP contribution in [-0.2, 0) is 14.8 Å². The standard InChI is InChI=1S/C21H20ClN5O4S/c22-17-11-24-9-14-3-1-5-18(20(14)17)32(30,31)27-8-6-16(13-27)26-19(28)12-25-21(29)15-4-2-7-23-10-15/h1-5,7,9-11,16H,6,8,12-13H2,(H,25,29)(H,26,28). The number of nitrogens with zero attached hydrogens (tertiary/aromatic N) is 3. The van der Waals surface area contributed by atoms with Gasteiger partial charge in [-0.2, -0.15) is 4.31 Å². The summed E-state index contributed by atoms with van der Waals surface area (Å²) in [5.41, 5.74) is 0.349. The maximum atomic E-state index is 13.3. The average Bonchev–Trinajstić information content (AvgIpc) is 3.27. The summed E-state index contributed by atoms with van der Waals surface area (Å²) in [6.45, 7) is 0.168. The van der Waals surface area contributed by atoms with E-state index in [1.165, 1.54) is 22.8 Å². The minimum atomic E-state index is -3.83. The van der Waals surface area contributed by atoms with E-state index in [1.807, 2.05) is 0 Å². The molecule has 3 aromatic rings. The van der Waals surface area contributed by atoms with E-state index in [9.17, 15) is 18.0 Å². The summed E-state index contributed by atoms with van der Waals surface area (Å²) < 4.78 is 27.9. The van der Waals surface area contributed by atoms with E-state index in [4.69, 9.17) is 11.6 Å². The number of rotatable bonds is 6. The second-order valence-corrected chi connectivity index (χ2v) is 9.63. The monoisotopic (exact) mass is 473 g/mol. The second-order valence-electron chi connectivity index (χ2n) is 7.32. The molecule has 0 saturated carbocycles. The first-order valence-corrected chi connectivity index (χ1v) is 11.7. The lowest BCUT2D eigenvalue weighted by Gasteiger charge is -2.19. The second kappa shape index (κ2) is 9.19. The lowest BCUT2D eigenvalue weighted by Crippen LogP contribution is -2.43. The number of carbonyl (C=O) groups excluding carboxylic acids is 2. The summed E-state index contributed by atoms with van der Waals surface area (Å²) in [6, 6.07) is 7.77. The highest BCUT2D eigenvalue weighted by atomic mass is 35.5. The molecule has 1 atom stereocenters. The van der Waals surface area contributed by atoms with Gasteiger partial charge in [-0.05, 0) is 24.6 Å². The Bertz CT molecular complexity index is 1260. The molecule has 1 fully saturated rings. The molecular weight excluding hydrogens is 454 g/mol. The molecule has 2 aromatic heterocycles. The predicted octanol–water partition coefficient (Wildman–Crippen LogP) is 1.59. The zero-order valence-corrected chi connectivity index (χ0v) is 18.4. The number of amides is 2. The van der Waals surface area contributed by atoms with Gasteiger partial charge in [0.05, 0.1) is 22.0 Å². The van der Waals surface area contributed by atoms with Gasteiger partial charge in [-0.3, -0.25) is 19.6 Å². The Kier molecular flexibility index (Phi) is 6.35. The third-order valence-electron chi connectivity index (χ3n) is 5.17. The van der Waals surface area contributed by atoms with Crippen molar-refractivity contribution in [1.29, 1.82) is 0 Å². The fourth-order valence-corrected chi connectivity index (χ4v) is 5.68. The van der Waals surface area contributed by atoms with Crippen molar-refractivity contribution in [3.63, 3.8) is 0 Å². The molecule has 4 rings (SSSR count). The molecule has 2 amide bonds. The van der Waals surface area contributed by atoms with Crippen LogP contribution in [0.3, 0.4) is 0 Å². The van der Waals surface area contributed by atoms with Gasteiger partial charge in [0.15, 0.2) is 0 Å². The van der Waals surface area contributed by atoms with Gasteiger partial charge < -0.3 is 10.6 Å². The van der Waals surface area contributed by atoms with E-state index < -0.39 is 21.8 Å². The van der Waals surface area contributed by atoms with Gasteiger partial charge in [0.1, 0.15) is 0 Å². The highest BCUT2D eigenvalue weighted by molar-refractivity contribution is 7.89. The largest absolute Gasteiger partial charge is 0.350 e. The first kappa shape index (κ1) is 22.1. The van der Waals surface area contributed by atoms with Crippen LogP contribution in [-0.4, -0.2) is 60.2 Å². The molecule has 0 aliphatic carbocycles. The topological polar surface area (TPSA) is 121 Å². The number of pyridine rings is 2. The van der Waals surface area contributed by atoms with Crippen LogP contribution < -0.4 is 10.6 Å². The van der Waals surface area contributed by atoms with Crippen molar-refractivity contribution in [2.45, 2.75) is 17.4 Å². The fourth-order valence-electron chi connectivity index (χ4n) is 3.62. The highest BCUT2D eigenvalue weighted by Gasteiger charge is 2.34. The highest BCUT2D eigenvalue weighted by Crippen LogP contribution is 2.32. The molecule has 2 N–H and O–H groups in total. The maximum absolute atomic E-state index is 13.3. The summed E-state index contributed by atoms with van der Waals surface area (Å²) in [6.07, 6.45) is 6.39. The first-order chi connectivity index (χ1) is 15.4. The Morgan fingerprint density at radius 3 is 2.75 bits per heavy atom. The van der Waals surface area contributed by atoms with Gasteiger partial charge in [-0.15, -0.1) is 0 Å². The Morgan fingerprint density at radius 1 is 1.12 bits per heavy atom. The Balaban J connectivity index is 1.39. The molecule has 1 unspecified atom stereocenters. The molecule has 11 heteroatoms. The number of sulfonamides is 1. The van der Waals surface area contributed by atoms with E-state index in [2.05, 4.69) is 20.6 Å². The quantitative estimate of drug-likeness (QED) is 0.560. The van der Waals surface area contributed by atoms with E-state index in [0.29, 0.717) is 22.8 Å². The molecule has 1 saturated heterocycles. The van der Waals surface area contributed by atoms with Crippen molar-refractivity contribution in [1.82, 2.24) is 24.9 Å². The van der Waals surface area contributed by atoms with Crippen LogP contribution in [0.25, 0.3) is 10.8 Å². The number of nitrogens with one attached hydrogen (secondary N) is 2. The zero-order chi connectivity index (χ0) is 22.7. The van der Waals surface area contributed by atoms with Crippen molar-refractivity contribution >= 4 is 44.2 Å². The minimum Gasteiger partial charge on any atom is -0.350 e. The van der Waals surface area contributed by atoms with Crippen LogP contribution in [0.15, 0.2) is 60.0 Å². The summed E-state index contributed by atoms with van der Waals surface area (Å²) in [7, 11) is -3.83. The van der Waals surface area contributed by atoms with Crippen molar-refractivity contribution < 1.29 is 18.0 Å². The lowest BCUT2D eigenvalue weighted by atomic mass is 10.2. The van der Waals surface area contributed by atoms with E-state index >= 15 is 0 Å². The number of hydrogen-bond donors (Lipinski definition) is 2. The normalized spacial score (nSPS) is 16.7. The van der Waals surface area contributed by atoms with Gasteiger partial charge in [0.2, 0.25) is 15.9 Å². The smallest absolute Gasteiger partial charge is 0.253 e. The number of carbonyl (C=O) groups is 2. The average molecular weight is 474 g/mol. The molecule has 1 aliphatic rings. The third kappa shape index (κ3) is 4.57. The van der Waals surface area contributed by atoms with E-state index in [1.54, 1.807) is 36.7 Å². The van der Waals surface area contributed by atoms with Crippen LogP contribution in [0.1, 0.15) is 16.8 Å². The van der Waals surface area contributed by atoms with Gasteiger partial charge in [-0.25, -0.2) is 8.42 Å². The molecule has 0 bridgehead atoms. The van der Waals surface area contributed by atoms with Crippen molar-refractivity contribution in [2.24, 2.45) is 0 Å². The molecule has 1 aliphatic heterocycles. The first-order valence-electron chi connectivity index (χ1n) is 9.86. The minimum absolute atomic E-state index is 0.109. The fraction of sp³-hybridized carbons (Fsp3) is 0.238. The summed E-state index contributed by atoms with van der Waals surface area (Å²) >= 11 is 6.24. The summed E-state index contributed by atoms with van der Waals surface area (Å²) in [4.78, 5) is 32.3. The van der Waals surface area contributed by atoms with Gasteiger partial charge >= 0.3 is 0 Å². The van der Waals surface area contributed by atoms with Gasteiger partial charge in [-0.1, -0.05) is 23.7 Å². The third-order valence-corrected chi connectivity index (χ3v) is 7.36. The molecule has 32 heavy (non-hydrogen) atoms.